The zero-order valence-corrected chi connectivity index (χ0v) is 11.7. The molecule has 0 aliphatic heterocycles. The molecule has 0 saturated heterocycles. The van der Waals surface area contributed by atoms with Crippen molar-refractivity contribution in [1.29, 1.82) is 0 Å². The summed E-state index contributed by atoms with van der Waals surface area (Å²) in [5, 5.41) is 9.20. The van der Waals surface area contributed by atoms with Gasteiger partial charge in [-0.1, -0.05) is 25.3 Å². The first kappa shape index (κ1) is 13.4. The lowest BCUT2D eigenvalue weighted by Crippen LogP contribution is -2.26. The van der Waals surface area contributed by atoms with Crippen molar-refractivity contribution in [1.82, 2.24) is 0 Å². The molecule has 0 spiro atoms. The highest BCUT2D eigenvalue weighted by Gasteiger charge is 2.15. The highest BCUT2D eigenvalue weighted by Crippen LogP contribution is 2.26. The van der Waals surface area contributed by atoms with Gasteiger partial charge >= 0.3 is 0 Å². The first-order chi connectivity index (χ1) is 8.70. The van der Waals surface area contributed by atoms with Gasteiger partial charge in [-0.15, -0.1) is 0 Å². The second-order valence-corrected chi connectivity index (χ2v) is 5.65. The predicted octanol–water partition coefficient (Wildman–Crippen LogP) is 3.50. The Morgan fingerprint density at radius 3 is 2.56 bits per heavy atom. The average molecular weight is 247 g/mol. The molecule has 1 aromatic carbocycles. The van der Waals surface area contributed by atoms with E-state index in [0.717, 1.165) is 18.0 Å². The van der Waals surface area contributed by atoms with Crippen LogP contribution in [0.2, 0.25) is 0 Å². The number of aliphatic hydroxyl groups is 1. The highest BCUT2D eigenvalue weighted by atomic mass is 16.3. The molecule has 0 heterocycles. The second kappa shape index (κ2) is 6.24. The van der Waals surface area contributed by atoms with Crippen molar-refractivity contribution in [3.05, 3.63) is 29.3 Å². The number of anilines is 1. The van der Waals surface area contributed by atoms with Crippen molar-refractivity contribution >= 4 is 5.69 Å². The lowest BCUT2D eigenvalue weighted by Gasteiger charge is -2.28. The Morgan fingerprint density at radius 2 is 1.94 bits per heavy atom. The lowest BCUT2D eigenvalue weighted by molar-refractivity contribution is 0.281. The van der Waals surface area contributed by atoms with Crippen LogP contribution in [0, 0.1) is 12.8 Å². The summed E-state index contributed by atoms with van der Waals surface area (Å²) in [4.78, 5) is 2.37. The van der Waals surface area contributed by atoms with Crippen molar-refractivity contribution < 1.29 is 5.11 Å². The van der Waals surface area contributed by atoms with Gasteiger partial charge in [0.15, 0.2) is 0 Å². The molecule has 2 heteroatoms. The number of hydrogen-bond acceptors (Lipinski definition) is 2. The minimum absolute atomic E-state index is 0.137. The Labute approximate surface area is 111 Å². The molecule has 1 saturated carbocycles. The van der Waals surface area contributed by atoms with Gasteiger partial charge in [-0.3, -0.25) is 0 Å². The van der Waals surface area contributed by atoms with Crippen LogP contribution in [0.4, 0.5) is 5.69 Å². The normalized spacial score (nSPS) is 16.8. The zero-order chi connectivity index (χ0) is 13.0. The minimum atomic E-state index is 0.137. The summed E-state index contributed by atoms with van der Waals surface area (Å²) in [5.41, 5.74) is 3.49. The Bertz CT molecular complexity index is 383. The molecule has 2 nitrogen and oxygen atoms in total. The van der Waals surface area contributed by atoms with E-state index in [1.807, 2.05) is 6.07 Å². The number of aliphatic hydroxyl groups excluding tert-OH is 1. The molecule has 0 unspecified atom stereocenters. The first-order valence-corrected chi connectivity index (χ1v) is 7.12. The molecule has 0 atom stereocenters. The molecule has 1 aromatic rings. The topological polar surface area (TPSA) is 23.5 Å². The molecule has 0 aromatic heterocycles. The van der Waals surface area contributed by atoms with E-state index in [4.69, 9.17) is 0 Å². The molecule has 1 aliphatic rings. The van der Waals surface area contributed by atoms with Gasteiger partial charge in [0.25, 0.3) is 0 Å². The summed E-state index contributed by atoms with van der Waals surface area (Å²) in [6.45, 7) is 3.37. The summed E-state index contributed by atoms with van der Waals surface area (Å²) in [7, 11) is 2.18. The van der Waals surface area contributed by atoms with Gasteiger partial charge in [0.1, 0.15) is 0 Å². The van der Waals surface area contributed by atoms with Crippen molar-refractivity contribution in [3.8, 4) is 0 Å². The summed E-state index contributed by atoms with van der Waals surface area (Å²) >= 11 is 0. The van der Waals surface area contributed by atoms with E-state index in [1.165, 1.54) is 43.4 Å². The van der Waals surface area contributed by atoms with E-state index in [9.17, 15) is 5.11 Å². The van der Waals surface area contributed by atoms with Crippen LogP contribution in [0.3, 0.4) is 0 Å². The molecule has 0 radical (unpaired) electrons. The number of rotatable bonds is 4. The zero-order valence-electron chi connectivity index (χ0n) is 11.7. The van der Waals surface area contributed by atoms with E-state index in [2.05, 4.69) is 31.0 Å². The second-order valence-electron chi connectivity index (χ2n) is 5.65. The molecule has 18 heavy (non-hydrogen) atoms. The van der Waals surface area contributed by atoms with Gasteiger partial charge in [-0.2, -0.15) is 0 Å². The third-order valence-electron chi connectivity index (χ3n) is 4.19. The Morgan fingerprint density at radius 1 is 1.22 bits per heavy atom. The van der Waals surface area contributed by atoms with Crippen molar-refractivity contribution in [3.63, 3.8) is 0 Å². The van der Waals surface area contributed by atoms with Crippen LogP contribution in [-0.4, -0.2) is 18.7 Å². The molecule has 2 rings (SSSR count). The van der Waals surface area contributed by atoms with Crippen LogP contribution in [0.1, 0.15) is 43.2 Å². The maximum atomic E-state index is 9.20. The van der Waals surface area contributed by atoms with Crippen LogP contribution in [0.5, 0.6) is 0 Å². The number of aryl methyl sites for hydroxylation is 1. The molecular weight excluding hydrogens is 222 g/mol. The number of hydrogen-bond donors (Lipinski definition) is 1. The Hall–Kier alpha value is -1.02. The largest absolute Gasteiger partial charge is 0.392 e. The van der Waals surface area contributed by atoms with E-state index in [0.29, 0.717) is 0 Å². The van der Waals surface area contributed by atoms with Crippen LogP contribution >= 0.6 is 0 Å². The summed E-state index contributed by atoms with van der Waals surface area (Å²) in [6, 6.07) is 6.36. The monoisotopic (exact) mass is 247 g/mol. The van der Waals surface area contributed by atoms with Crippen LogP contribution in [0.15, 0.2) is 18.2 Å². The average Bonchev–Trinajstić information content (AvgIpc) is 2.39. The van der Waals surface area contributed by atoms with Crippen molar-refractivity contribution in [2.24, 2.45) is 5.92 Å². The van der Waals surface area contributed by atoms with Crippen molar-refractivity contribution in [2.75, 3.05) is 18.5 Å². The fourth-order valence-corrected chi connectivity index (χ4v) is 2.96. The fourth-order valence-electron chi connectivity index (χ4n) is 2.96. The van der Waals surface area contributed by atoms with Crippen LogP contribution < -0.4 is 4.90 Å². The third-order valence-corrected chi connectivity index (χ3v) is 4.19. The molecule has 1 fully saturated rings. The Kier molecular flexibility index (Phi) is 4.65. The highest BCUT2D eigenvalue weighted by molar-refractivity contribution is 5.50. The van der Waals surface area contributed by atoms with Crippen molar-refractivity contribution in [2.45, 2.75) is 45.6 Å². The van der Waals surface area contributed by atoms with Crippen LogP contribution in [-0.2, 0) is 6.61 Å². The van der Waals surface area contributed by atoms with E-state index >= 15 is 0 Å². The maximum Gasteiger partial charge on any atom is 0.0684 e. The van der Waals surface area contributed by atoms with E-state index in [-0.39, 0.29) is 6.61 Å². The van der Waals surface area contributed by atoms with E-state index in [1.54, 1.807) is 0 Å². The maximum absolute atomic E-state index is 9.20. The fraction of sp³-hybridized carbons (Fsp3) is 0.625. The van der Waals surface area contributed by atoms with Crippen LogP contribution in [0.25, 0.3) is 0 Å². The standard InChI is InChI=1S/C16H25NO/c1-13-10-16(9-8-15(13)12-18)17(2)11-14-6-4-3-5-7-14/h8-10,14,18H,3-7,11-12H2,1-2H3. The molecule has 1 N–H and O–H groups in total. The lowest BCUT2D eigenvalue weighted by atomic mass is 9.89. The van der Waals surface area contributed by atoms with Gasteiger partial charge in [0.2, 0.25) is 0 Å². The quantitative estimate of drug-likeness (QED) is 0.880. The molecule has 1 aliphatic carbocycles. The molecule has 0 bridgehead atoms. The molecule has 100 valence electrons. The van der Waals surface area contributed by atoms with Gasteiger partial charge in [0.05, 0.1) is 6.61 Å². The smallest absolute Gasteiger partial charge is 0.0684 e. The first-order valence-electron chi connectivity index (χ1n) is 7.12. The Balaban J connectivity index is 1.99. The number of nitrogens with zero attached hydrogens (tertiary/aromatic N) is 1. The summed E-state index contributed by atoms with van der Waals surface area (Å²) in [6.07, 6.45) is 7.00. The third kappa shape index (κ3) is 3.26. The van der Waals surface area contributed by atoms with Gasteiger partial charge in [0, 0.05) is 19.3 Å². The number of benzene rings is 1. The van der Waals surface area contributed by atoms with Gasteiger partial charge in [-0.25, -0.2) is 0 Å². The molecular formula is C16H25NO. The SMILES string of the molecule is Cc1cc(N(C)CC2CCCCC2)ccc1CO. The summed E-state index contributed by atoms with van der Waals surface area (Å²) in [5.74, 6) is 0.863. The molecule has 0 amide bonds. The van der Waals surface area contributed by atoms with Gasteiger partial charge in [-0.05, 0) is 48.9 Å². The minimum Gasteiger partial charge on any atom is -0.392 e. The van der Waals surface area contributed by atoms with Gasteiger partial charge < -0.3 is 10.0 Å². The predicted molar refractivity (Wildman–Crippen MR) is 76.9 cm³/mol. The van der Waals surface area contributed by atoms with E-state index < -0.39 is 0 Å². The summed E-state index contributed by atoms with van der Waals surface area (Å²) < 4.78 is 0.